The van der Waals surface area contributed by atoms with Gasteiger partial charge in [0.15, 0.2) is 0 Å². The van der Waals surface area contributed by atoms with E-state index in [-0.39, 0.29) is 30.1 Å². The molecule has 0 aliphatic heterocycles. The van der Waals surface area contributed by atoms with Crippen LogP contribution in [0.4, 0.5) is 11.9 Å². The maximum Gasteiger partial charge on any atom is 0.257 e. The molecular weight excluding hydrogens is 298 g/mol. The number of anilines is 2. The standard InChI is InChI=1S/C9H15N9O2S/c1-11-21(19,20)6-4-12-7-14-8(17-10)16-9(15-7)18-5-2-3-13-18/h2-3,5,11H,4,6,10H2,1H3,(H2,12,14,15,16,17). The summed E-state index contributed by atoms with van der Waals surface area (Å²) in [5, 5.41) is 6.79. The Labute approximate surface area is 121 Å². The minimum absolute atomic E-state index is 0.113. The lowest BCUT2D eigenvalue weighted by atomic mass is 10.7. The highest BCUT2D eigenvalue weighted by Crippen LogP contribution is 2.07. The van der Waals surface area contributed by atoms with E-state index in [1.54, 1.807) is 18.5 Å². The van der Waals surface area contributed by atoms with Crippen LogP contribution in [-0.4, -0.2) is 52.5 Å². The molecule has 0 aromatic carbocycles. The molecule has 114 valence electrons. The summed E-state index contributed by atoms with van der Waals surface area (Å²) in [6.45, 7) is 0.135. The lowest BCUT2D eigenvalue weighted by molar-refractivity contribution is 0.588. The molecule has 0 bridgehead atoms. The van der Waals surface area contributed by atoms with Gasteiger partial charge in [0.1, 0.15) is 0 Å². The zero-order chi connectivity index (χ0) is 15.3. The second kappa shape index (κ2) is 6.43. The number of hydrogen-bond donors (Lipinski definition) is 4. The van der Waals surface area contributed by atoms with Crippen LogP contribution in [0.15, 0.2) is 18.5 Å². The largest absolute Gasteiger partial charge is 0.353 e. The summed E-state index contributed by atoms with van der Waals surface area (Å²) in [4.78, 5) is 12.1. The van der Waals surface area contributed by atoms with Crippen molar-refractivity contribution in [2.75, 3.05) is 30.1 Å². The highest BCUT2D eigenvalue weighted by Gasteiger charge is 2.10. The van der Waals surface area contributed by atoms with Crippen molar-refractivity contribution < 1.29 is 8.42 Å². The van der Waals surface area contributed by atoms with Gasteiger partial charge in [0.25, 0.3) is 5.95 Å². The van der Waals surface area contributed by atoms with Crippen molar-refractivity contribution in [2.24, 2.45) is 5.84 Å². The molecule has 5 N–H and O–H groups in total. The van der Waals surface area contributed by atoms with E-state index in [4.69, 9.17) is 5.84 Å². The Balaban J connectivity index is 2.14. The van der Waals surface area contributed by atoms with Crippen molar-refractivity contribution in [3.63, 3.8) is 0 Å². The Morgan fingerprint density at radius 1 is 1.29 bits per heavy atom. The topological polar surface area (TPSA) is 153 Å². The third kappa shape index (κ3) is 4.08. The van der Waals surface area contributed by atoms with Crippen LogP contribution >= 0.6 is 0 Å². The summed E-state index contributed by atoms with van der Waals surface area (Å²) in [6, 6.07) is 1.71. The van der Waals surface area contributed by atoms with E-state index >= 15 is 0 Å². The van der Waals surface area contributed by atoms with E-state index < -0.39 is 10.0 Å². The first-order valence-electron chi connectivity index (χ1n) is 5.92. The molecule has 0 aliphatic carbocycles. The molecule has 0 unspecified atom stereocenters. The SMILES string of the molecule is CNS(=O)(=O)CCNc1nc(NN)nc(-n2cccn2)n1. The molecule has 2 heterocycles. The molecule has 2 aromatic rings. The second-order valence-corrected chi connectivity index (χ2v) is 5.87. The fraction of sp³-hybridized carbons (Fsp3) is 0.333. The van der Waals surface area contributed by atoms with Crippen LogP contribution in [0, 0.1) is 0 Å². The number of nitrogens with two attached hydrogens (primary N) is 1. The molecule has 2 rings (SSSR count). The number of hydrogen-bond acceptors (Lipinski definition) is 9. The molecule has 2 aromatic heterocycles. The number of nitrogens with one attached hydrogen (secondary N) is 3. The smallest absolute Gasteiger partial charge is 0.257 e. The van der Waals surface area contributed by atoms with Gasteiger partial charge in [0, 0.05) is 18.9 Å². The summed E-state index contributed by atoms with van der Waals surface area (Å²) in [5.74, 6) is 5.76. The summed E-state index contributed by atoms with van der Waals surface area (Å²) in [5.41, 5.74) is 2.31. The molecule has 12 heteroatoms. The van der Waals surface area contributed by atoms with Crippen LogP contribution < -0.4 is 21.3 Å². The van der Waals surface area contributed by atoms with Crippen LogP contribution in [0.3, 0.4) is 0 Å². The molecule has 0 fully saturated rings. The number of hydrazine groups is 1. The molecule has 0 saturated heterocycles. The van der Waals surface area contributed by atoms with Crippen LogP contribution in [-0.2, 0) is 10.0 Å². The Kier molecular flexibility index (Phi) is 4.62. The number of rotatable bonds is 7. The minimum atomic E-state index is -3.30. The summed E-state index contributed by atoms with van der Waals surface area (Å²) < 4.78 is 26.3. The maximum atomic E-state index is 11.3. The third-order valence-electron chi connectivity index (χ3n) is 2.43. The van der Waals surface area contributed by atoms with Gasteiger partial charge >= 0.3 is 0 Å². The fourth-order valence-electron chi connectivity index (χ4n) is 1.40. The third-order valence-corrected chi connectivity index (χ3v) is 3.79. The van der Waals surface area contributed by atoms with Crippen LogP contribution in [0.25, 0.3) is 5.95 Å². The quantitative estimate of drug-likeness (QED) is 0.346. The number of aromatic nitrogens is 5. The van der Waals surface area contributed by atoms with E-state index in [2.05, 4.69) is 35.5 Å². The van der Waals surface area contributed by atoms with Gasteiger partial charge in [0.05, 0.1) is 5.75 Å². The van der Waals surface area contributed by atoms with Crippen molar-refractivity contribution >= 4 is 21.9 Å². The van der Waals surface area contributed by atoms with Crippen molar-refractivity contribution in [3.05, 3.63) is 18.5 Å². The Morgan fingerprint density at radius 2 is 2.05 bits per heavy atom. The molecule has 21 heavy (non-hydrogen) atoms. The zero-order valence-electron chi connectivity index (χ0n) is 11.2. The fourth-order valence-corrected chi connectivity index (χ4v) is 1.97. The average Bonchev–Trinajstić information content (AvgIpc) is 3.01. The predicted octanol–water partition coefficient (Wildman–Crippen LogP) is -1.70. The normalized spacial score (nSPS) is 11.3. The molecule has 11 nitrogen and oxygen atoms in total. The first-order valence-corrected chi connectivity index (χ1v) is 7.57. The van der Waals surface area contributed by atoms with E-state index in [0.29, 0.717) is 0 Å². The summed E-state index contributed by atoms with van der Waals surface area (Å²) in [6.07, 6.45) is 3.23. The van der Waals surface area contributed by atoms with Crippen molar-refractivity contribution in [1.29, 1.82) is 0 Å². The predicted molar refractivity (Wildman–Crippen MR) is 76.1 cm³/mol. The lowest BCUT2D eigenvalue weighted by Crippen LogP contribution is -2.27. The van der Waals surface area contributed by atoms with Gasteiger partial charge in [-0.25, -0.2) is 23.7 Å². The number of nitrogen functional groups attached to an aromatic ring is 1. The lowest BCUT2D eigenvalue weighted by Gasteiger charge is -2.08. The second-order valence-electron chi connectivity index (χ2n) is 3.83. The van der Waals surface area contributed by atoms with Gasteiger partial charge in [-0.15, -0.1) is 0 Å². The van der Waals surface area contributed by atoms with E-state index in [1.807, 2.05) is 0 Å². The molecule has 0 radical (unpaired) electrons. The van der Waals surface area contributed by atoms with Crippen LogP contribution in [0.5, 0.6) is 0 Å². The minimum Gasteiger partial charge on any atom is -0.353 e. The molecule has 0 amide bonds. The first-order chi connectivity index (χ1) is 10.0. The van der Waals surface area contributed by atoms with Crippen molar-refractivity contribution in [3.8, 4) is 5.95 Å². The van der Waals surface area contributed by atoms with Gasteiger partial charge < -0.3 is 5.32 Å². The van der Waals surface area contributed by atoms with E-state index in [1.165, 1.54) is 11.7 Å². The van der Waals surface area contributed by atoms with Crippen molar-refractivity contribution in [1.82, 2.24) is 29.5 Å². The van der Waals surface area contributed by atoms with Crippen LogP contribution in [0.2, 0.25) is 0 Å². The molecule has 0 atom stereocenters. The van der Waals surface area contributed by atoms with Gasteiger partial charge in [-0.2, -0.15) is 20.1 Å². The highest BCUT2D eigenvalue weighted by atomic mass is 32.2. The van der Waals surface area contributed by atoms with Gasteiger partial charge in [-0.1, -0.05) is 0 Å². The zero-order valence-corrected chi connectivity index (χ0v) is 12.0. The molecule has 0 saturated carbocycles. The molecule has 0 spiro atoms. The van der Waals surface area contributed by atoms with Gasteiger partial charge in [-0.05, 0) is 13.1 Å². The van der Waals surface area contributed by atoms with Crippen LogP contribution in [0.1, 0.15) is 0 Å². The van der Waals surface area contributed by atoms with E-state index in [9.17, 15) is 8.42 Å². The summed E-state index contributed by atoms with van der Waals surface area (Å²) >= 11 is 0. The molecular formula is C9H15N9O2S. The maximum absolute atomic E-state index is 11.3. The molecule has 0 aliphatic rings. The van der Waals surface area contributed by atoms with Gasteiger partial charge in [0.2, 0.25) is 21.9 Å². The highest BCUT2D eigenvalue weighted by molar-refractivity contribution is 7.89. The Morgan fingerprint density at radius 3 is 2.67 bits per heavy atom. The monoisotopic (exact) mass is 313 g/mol. The first kappa shape index (κ1) is 15.1. The van der Waals surface area contributed by atoms with Gasteiger partial charge in [-0.3, -0.25) is 5.43 Å². The average molecular weight is 313 g/mol. The number of sulfonamides is 1. The van der Waals surface area contributed by atoms with Crippen molar-refractivity contribution in [2.45, 2.75) is 0 Å². The number of nitrogens with zero attached hydrogens (tertiary/aromatic N) is 5. The Hall–Kier alpha value is -2.31. The Bertz CT molecular complexity index is 685. The van der Waals surface area contributed by atoms with E-state index in [0.717, 1.165) is 0 Å². The summed E-state index contributed by atoms with van der Waals surface area (Å²) in [7, 11) is -1.95.